The van der Waals surface area contributed by atoms with Crippen molar-refractivity contribution in [3.05, 3.63) is 71.8 Å². The van der Waals surface area contributed by atoms with Crippen LogP contribution in [0.15, 0.2) is 60.7 Å². The highest BCUT2D eigenvalue weighted by Gasteiger charge is 2.23. The third-order valence-corrected chi connectivity index (χ3v) is 6.74. The van der Waals surface area contributed by atoms with Crippen molar-refractivity contribution in [1.29, 1.82) is 0 Å². The fraction of sp³-hybridized carbons (Fsp3) is 0.536. The number of aldehydes is 1. The Balaban J connectivity index is 0.000000181. The molecule has 4 heteroatoms. The van der Waals surface area contributed by atoms with E-state index in [4.69, 9.17) is 14.6 Å². The summed E-state index contributed by atoms with van der Waals surface area (Å²) in [6, 6.07) is 21.4. The van der Waals surface area contributed by atoms with Crippen molar-refractivity contribution in [2.75, 3.05) is 19.8 Å². The van der Waals surface area contributed by atoms with Gasteiger partial charge in [-0.2, -0.15) is 0 Å². The fourth-order valence-electron chi connectivity index (χ4n) is 4.97. The quantitative estimate of drug-likeness (QED) is 0.541. The van der Waals surface area contributed by atoms with Gasteiger partial charge in [0.1, 0.15) is 12.9 Å². The Kier molecular flexibility index (Phi) is 10.9. The van der Waals surface area contributed by atoms with Crippen LogP contribution in [0, 0.1) is 0 Å². The predicted octanol–water partition coefficient (Wildman–Crippen LogP) is 5.65. The molecule has 32 heavy (non-hydrogen) atoms. The SMILES string of the molecule is O=CCOC1CCC(c2ccccc2)CC1.OCCOC1CCC(c2ccccc2)CC1. The van der Waals surface area contributed by atoms with Gasteiger partial charge in [-0.3, -0.25) is 0 Å². The second-order valence-corrected chi connectivity index (χ2v) is 8.86. The van der Waals surface area contributed by atoms with Crippen LogP contribution in [0.2, 0.25) is 0 Å². The van der Waals surface area contributed by atoms with Gasteiger partial charge in [-0.1, -0.05) is 60.7 Å². The van der Waals surface area contributed by atoms with Crippen LogP contribution < -0.4 is 0 Å². The zero-order chi connectivity index (χ0) is 22.4. The van der Waals surface area contributed by atoms with Crippen LogP contribution in [0.25, 0.3) is 0 Å². The monoisotopic (exact) mass is 438 g/mol. The van der Waals surface area contributed by atoms with Crippen molar-refractivity contribution in [2.24, 2.45) is 0 Å². The molecule has 2 aliphatic carbocycles. The molecule has 4 nitrogen and oxygen atoms in total. The highest BCUT2D eigenvalue weighted by Crippen LogP contribution is 2.34. The van der Waals surface area contributed by atoms with E-state index in [1.54, 1.807) is 0 Å². The van der Waals surface area contributed by atoms with Crippen LogP contribution in [-0.4, -0.2) is 43.4 Å². The maximum atomic E-state index is 10.2. The molecule has 0 amide bonds. The highest BCUT2D eigenvalue weighted by molar-refractivity contribution is 5.50. The number of carbonyl (C=O) groups excluding carboxylic acids is 1. The minimum Gasteiger partial charge on any atom is -0.394 e. The summed E-state index contributed by atoms with van der Waals surface area (Å²) in [6.07, 6.45) is 10.7. The van der Waals surface area contributed by atoms with Crippen LogP contribution in [0.1, 0.15) is 74.3 Å². The molecule has 0 aliphatic heterocycles. The lowest BCUT2D eigenvalue weighted by Gasteiger charge is -2.28. The van der Waals surface area contributed by atoms with Crippen LogP contribution in [0.5, 0.6) is 0 Å². The predicted molar refractivity (Wildman–Crippen MR) is 128 cm³/mol. The molecule has 2 saturated carbocycles. The largest absolute Gasteiger partial charge is 0.394 e. The topological polar surface area (TPSA) is 55.8 Å². The Morgan fingerprint density at radius 1 is 0.688 bits per heavy atom. The summed E-state index contributed by atoms with van der Waals surface area (Å²) in [5, 5.41) is 8.70. The number of hydrogen-bond acceptors (Lipinski definition) is 4. The molecule has 0 aromatic heterocycles. The van der Waals surface area contributed by atoms with E-state index >= 15 is 0 Å². The zero-order valence-electron chi connectivity index (χ0n) is 19.1. The first-order chi connectivity index (χ1) is 15.8. The van der Waals surface area contributed by atoms with Gasteiger partial charge in [0.25, 0.3) is 0 Å². The molecule has 0 heterocycles. The normalized spacial score (nSPS) is 25.4. The van der Waals surface area contributed by atoms with E-state index in [1.807, 2.05) is 0 Å². The van der Waals surface area contributed by atoms with Crippen LogP contribution in [0.4, 0.5) is 0 Å². The lowest BCUT2D eigenvalue weighted by Crippen LogP contribution is -2.22. The molecule has 0 radical (unpaired) electrons. The summed E-state index contributed by atoms with van der Waals surface area (Å²) < 4.78 is 11.0. The maximum Gasteiger partial charge on any atom is 0.145 e. The number of rotatable bonds is 8. The number of aliphatic hydroxyl groups is 1. The summed E-state index contributed by atoms with van der Waals surface area (Å²) in [5.41, 5.74) is 2.90. The molecule has 0 spiro atoms. The van der Waals surface area contributed by atoms with Gasteiger partial charge >= 0.3 is 0 Å². The summed E-state index contributed by atoms with van der Waals surface area (Å²) in [7, 11) is 0. The Labute approximate surface area is 193 Å². The van der Waals surface area contributed by atoms with Crippen molar-refractivity contribution in [3.63, 3.8) is 0 Å². The van der Waals surface area contributed by atoms with Gasteiger partial charge in [0.2, 0.25) is 0 Å². The molecular weight excluding hydrogens is 400 g/mol. The molecule has 2 aromatic rings. The first-order valence-corrected chi connectivity index (χ1v) is 12.2. The summed E-state index contributed by atoms with van der Waals surface area (Å²) in [6.45, 7) is 0.875. The number of hydrogen-bond donors (Lipinski definition) is 1. The first kappa shape index (κ1) is 24.6. The van der Waals surface area contributed by atoms with Gasteiger partial charge in [-0.25, -0.2) is 0 Å². The Bertz CT molecular complexity index is 733. The average molecular weight is 439 g/mol. The van der Waals surface area contributed by atoms with E-state index in [1.165, 1.54) is 36.8 Å². The number of carbonyl (C=O) groups is 1. The Morgan fingerprint density at radius 2 is 1.12 bits per heavy atom. The van der Waals surface area contributed by atoms with Crippen molar-refractivity contribution >= 4 is 6.29 Å². The van der Waals surface area contributed by atoms with E-state index in [0.717, 1.165) is 32.0 Å². The van der Waals surface area contributed by atoms with Gasteiger partial charge in [0.15, 0.2) is 0 Å². The van der Waals surface area contributed by atoms with E-state index in [-0.39, 0.29) is 13.2 Å². The van der Waals surface area contributed by atoms with Crippen LogP contribution in [-0.2, 0) is 14.3 Å². The Hall–Kier alpha value is -2.01. The van der Waals surface area contributed by atoms with E-state index < -0.39 is 0 Å². The number of ether oxygens (including phenoxy) is 2. The number of aliphatic hydroxyl groups excluding tert-OH is 1. The minimum atomic E-state index is 0.138. The number of benzene rings is 2. The minimum absolute atomic E-state index is 0.138. The molecule has 0 atom stereocenters. The van der Waals surface area contributed by atoms with E-state index in [0.29, 0.717) is 30.7 Å². The van der Waals surface area contributed by atoms with Crippen molar-refractivity contribution in [3.8, 4) is 0 Å². The van der Waals surface area contributed by atoms with Crippen LogP contribution in [0.3, 0.4) is 0 Å². The van der Waals surface area contributed by atoms with Crippen molar-refractivity contribution in [2.45, 2.75) is 75.4 Å². The molecule has 0 saturated heterocycles. The second kappa shape index (κ2) is 14.2. The average Bonchev–Trinajstić information content (AvgIpc) is 2.88. The van der Waals surface area contributed by atoms with Gasteiger partial charge in [-0.15, -0.1) is 0 Å². The molecule has 174 valence electrons. The third kappa shape index (κ3) is 8.16. The molecule has 0 unspecified atom stereocenters. The molecule has 2 aromatic carbocycles. The Morgan fingerprint density at radius 3 is 1.53 bits per heavy atom. The second-order valence-electron chi connectivity index (χ2n) is 8.86. The highest BCUT2D eigenvalue weighted by atomic mass is 16.5. The summed E-state index contributed by atoms with van der Waals surface area (Å²) >= 11 is 0. The van der Waals surface area contributed by atoms with E-state index in [9.17, 15) is 4.79 Å². The molecular formula is C28H38O4. The lowest BCUT2D eigenvalue weighted by atomic mass is 9.83. The van der Waals surface area contributed by atoms with Gasteiger partial charge < -0.3 is 19.4 Å². The standard InChI is InChI=1S/C14H20O2.C14H18O2/c2*15-10-11-16-14-8-6-13(7-9-14)12-4-2-1-3-5-12/h1-5,13-15H,6-11H2;1-5,10,13-14H,6-9,11H2. The fourth-order valence-corrected chi connectivity index (χ4v) is 4.97. The van der Waals surface area contributed by atoms with Gasteiger partial charge in [0.05, 0.1) is 25.4 Å². The third-order valence-electron chi connectivity index (χ3n) is 6.74. The zero-order valence-corrected chi connectivity index (χ0v) is 19.1. The molecule has 0 bridgehead atoms. The maximum absolute atomic E-state index is 10.2. The molecule has 2 aliphatic rings. The van der Waals surface area contributed by atoms with Crippen LogP contribution >= 0.6 is 0 Å². The lowest BCUT2D eigenvalue weighted by molar-refractivity contribution is -0.114. The van der Waals surface area contributed by atoms with Crippen molar-refractivity contribution < 1.29 is 19.4 Å². The van der Waals surface area contributed by atoms with Gasteiger partial charge in [-0.05, 0) is 74.3 Å². The first-order valence-electron chi connectivity index (χ1n) is 12.2. The summed E-state index contributed by atoms with van der Waals surface area (Å²) in [5.74, 6) is 1.38. The summed E-state index contributed by atoms with van der Waals surface area (Å²) in [4.78, 5) is 10.2. The molecule has 2 fully saturated rings. The molecule has 4 rings (SSSR count). The van der Waals surface area contributed by atoms with Crippen molar-refractivity contribution in [1.82, 2.24) is 0 Å². The molecule has 1 N–H and O–H groups in total. The van der Waals surface area contributed by atoms with Gasteiger partial charge in [0, 0.05) is 0 Å². The smallest absolute Gasteiger partial charge is 0.145 e. The van der Waals surface area contributed by atoms with E-state index in [2.05, 4.69) is 60.7 Å².